The van der Waals surface area contributed by atoms with Gasteiger partial charge in [0, 0.05) is 36.4 Å². The summed E-state index contributed by atoms with van der Waals surface area (Å²) in [5, 5.41) is 3.03. The third kappa shape index (κ3) is 4.66. The number of aryl methyl sites for hydroxylation is 1. The first-order valence-corrected chi connectivity index (χ1v) is 9.12. The van der Waals surface area contributed by atoms with Crippen LogP contribution >= 0.6 is 0 Å². The van der Waals surface area contributed by atoms with Crippen molar-refractivity contribution in [1.82, 2.24) is 0 Å². The Kier molecular flexibility index (Phi) is 5.95. The van der Waals surface area contributed by atoms with E-state index in [1.165, 1.54) is 11.3 Å². The van der Waals surface area contributed by atoms with Gasteiger partial charge in [-0.1, -0.05) is 36.4 Å². The minimum Gasteiger partial charge on any atom is -0.489 e. The summed E-state index contributed by atoms with van der Waals surface area (Å²) in [7, 11) is 0. The van der Waals surface area contributed by atoms with Crippen molar-refractivity contribution < 1.29 is 9.53 Å². The Hall–Kier alpha value is -2.75. The van der Waals surface area contributed by atoms with Gasteiger partial charge in [-0.15, -0.1) is 0 Å². The number of carbonyl (C=O) groups excluding carboxylic acids is 1. The van der Waals surface area contributed by atoms with Gasteiger partial charge >= 0.3 is 0 Å². The number of benzene rings is 2. The van der Waals surface area contributed by atoms with Crippen molar-refractivity contribution in [1.29, 1.82) is 0 Å². The zero-order chi connectivity index (χ0) is 18.4. The molecule has 1 heterocycles. The van der Waals surface area contributed by atoms with Crippen LogP contribution in [0.5, 0.6) is 5.75 Å². The van der Waals surface area contributed by atoms with Crippen molar-refractivity contribution in [3.05, 3.63) is 66.7 Å². The molecule has 2 aromatic carbocycles. The maximum atomic E-state index is 12.6. The van der Waals surface area contributed by atoms with Gasteiger partial charge in [0.2, 0.25) is 5.91 Å². The predicted octanol–water partition coefficient (Wildman–Crippen LogP) is 4.41. The van der Waals surface area contributed by atoms with Crippen LogP contribution in [0.4, 0.5) is 11.4 Å². The van der Waals surface area contributed by atoms with Gasteiger partial charge in [-0.2, -0.15) is 0 Å². The van der Waals surface area contributed by atoms with E-state index in [0.29, 0.717) is 6.61 Å². The molecule has 1 fully saturated rings. The first kappa shape index (κ1) is 18.1. The van der Waals surface area contributed by atoms with E-state index in [9.17, 15) is 4.79 Å². The van der Waals surface area contributed by atoms with Crippen LogP contribution in [0.15, 0.2) is 61.2 Å². The molecule has 1 N–H and O–H groups in total. The molecule has 136 valence electrons. The summed E-state index contributed by atoms with van der Waals surface area (Å²) >= 11 is 0. The average Bonchev–Trinajstić information content (AvgIpc) is 2.67. The molecule has 0 atom stereocenters. The molecule has 4 heteroatoms. The molecule has 0 bridgehead atoms. The highest BCUT2D eigenvalue weighted by Gasteiger charge is 2.25. The molecule has 0 unspecified atom stereocenters. The smallest absolute Gasteiger partial charge is 0.227 e. The number of nitrogens with zero attached hydrogens (tertiary/aromatic N) is 1. The van der Waals surface area contributed by atoms with E-state index in [-0.39, 0.29) is 11.8 Å². The summed E-state index contributed by atoms with van der Waals surface area (Å²) in [6, 6.07) is 16.1. The second-order valence-corrected chi connectivity index (χ2v) is 6.71. The van der Waals surface area contributed by atoms with Crippen LogP contribution in [0, 0.1) is 12.8 Å². The molecule has 2 aromatic rings. The fourth-order valence-electron chi connectivity index (χ4n) is 3.22. The van der Waals surface area contributed by atoms with E-state index in [4.69, 9.17) is 4.74 Å². The second-order valence-electron chi connectivity index (χ2n) is 6.71. The quantitative estimate of drug-likeness (QED) is 0.785. The number of anilines is 2. The zero-order valence-electron chi connectivity index (χ0n) is 15.3. The SMILES string of the molecule is C=CCOc1cccc(NC(=O)C2CCN(c3ccc(C)cc3)CC2)c1. The largest absolute Gasteiger partial charge is 0.489 e. The lowest BCUT2D eigenvalue weighted by molar-refractivity contribution is -0.120. The minimum atomic E-state index is 0.0504. The summed E-state index contributed by atoms with van der Waals surface area (Å²) in [5.74, 6) is 0.876. The molecule has 0 radical (unpaired) electrons. The Morgan fingerprint density at radius 2 is 1.96 bits per heavy atom. The van der Waals surface area contributed by atoms with Gasteiger partial charge < -0.3 is 15.0 Å². The summed E-state index contributed by atoms with van der Waals surface area (Å²) in [5.41, 5.74) is 3.28. The van der Waals surface area contributed by atoms with Crippen molar-refractivity contribution in [2.45, 2.75) is 19.8 Å². The molecule has 26 heavy (non-hydrogen) atoms. The fourth-order valence-corrected chi connectivity index (χ4v) is 3.22. The highest BCUT2D eigenvalue weighted by atomic mass is 16.5. The molecule has 1 aliphatic rings. The van der Waals surface area contributed by atoms with E-state index in [1.54, 1.807) is 6.08 Å². The molecule has 1 aliphatic heterocycles. The Balaban J connectivity index is 1.53. The third-order valence-electron chi connectivity index (χ3n) is 4.73. The number of hydrogen-bond acceptors (Lipinski definition) is 3. The molecule has 0 aliphatic carbocycles. The van der Waals surface area contributed by atoms with Gasteiger partial charge in [0.1, 0.15) is 12.4 Å². The topological polar surface area (TPSA) is 41.6 Å². The molecule has 1 amide bonds. The number of rotatable bonds is 6. The van der Waals surface area contributed by atoms with Crippen LogP contribution in [0.2, 0.25) is 0 Å². The normalized spacial score (nSPS) is 14.7. The molecular weight excluding hydrogens is 324 g/mol. The number of amides is 1. The Bertz CT molecular complexity index is 747. The monoisotopic (exact) mass is 350 g/mol. The fraction of sp³-hybridized carbons (Fsp3) is 0.318. The van der Waals surface area contributed by atoms with Gasteiger partial charge in [0.05, 0.1) is 0 Å². The summed E-state index contributed by atoms with van der Waals surface area (Å²) < 4.78 is 5.52. The lowest BCUT2D eigenvalue weighted by Gasteiger charge is -2.33. The van der Waals surface area contributed by atoms with Crippen LogP contribution in [0.1, 0.15) is 18.4 Å². The number of ether oxygens (including phenoxy) is 1. The molecule has 0 spiro atoms. The first-order valence-electron chi connectivity index (χ1n) is 9.12. The van der Waals surface area contributed by atoms with Gasteiger partial charge in [0.25, 0.3) is 0 Å². The highest BCUT2D eigenvalue weighted by Crippen LogP contribution is 2.25. The van der Waals surface area contributed by atoms with Crippen LogP contribution in [0.3, 0.4) is 0 Å². The summed E-state index contributed by atoms with van der Waals surface area (Å²) in [6.45, 7) is 8.00. The minimum absolute atomic E-state index is 0.0504. The van der Waals surface area contributed by atoms with Crippen LogP contribution in [-0.4, -0.2) is 25.6 Å². The van der Waals surface area contributed by atoms with Gasteiger partial charge in [-0.05, 0) is 44.0 Å². The summed E-state index contributed by atoms with van der Waals surface area (Å²) in [4.78, 5) is 14.9. The van der Waals surface area contributed by atoms with E-state index in [0.717, 1.165) is 37.4 Å². The average molecular weight is 350 g/mol. The van der Waals surface area contributed by atoms with Crippen LogP contribution in [0.25, 0.3) is 0 Å². The van der Waals surface area contributed by atoms with Crippen LogP contribution < -0.4 is 15.0 Å². The van der Waals surface area contributed by atoms with E-state index in [1.807, 2.05) is 24.3 Å². The lowest BCUT2D eigenvalue weighted by atomic mass is 9.95. The van der Waals surface area contributed by atoms with Gasteiger partial charge in [0.15, 0.2) is 0 Å². The molecule has 0 saturated carbocycles. The van der Waals surface area contributed by atoms with Gasteiger partial charge in [-0.3, -0.25) is 4.79 Å². The van der Waals surface area contributed by atoms with E-state index >= 15 is 0 Å². The standard InChI is InChI=1S/C22H26N2O2/c1-3-15-26-21-6-4-5-19(16-21)23-22(25)18-11-13-24(14-12-18)20-9-7-17(2)8-10-20/h3-10,16,18H,1,11-15H2,2H3,(H,23,25). The number of piperidine rings is 1. The number of nitrogens with one attached hydrogen (secondary N) is 1. The van der Waals surface area contributed by atoms with Crippen molar-refractivity contribution >= 4 is 17.3 Å². The van der Waals surface area contributed by atoms with Crippen molar-refractivity contribution in [3.63, 3.8) is 0 Å². The maximum absolute atomic E-state index is 12.6. The molecular formula is C22H26N2O2. The van der Waals surface area contributed by atoms with Crippen molar-refractivity contribution in [2.75, 3.05) is 29.9 Å². The third-order valence-corrected chi connectivity index (χ3v) is 4.73. The first-order chi connectivity index (χ1) is 12.7. The molecule has 3 rings (SSSR count). The van der Waals surface area contributed by atoms with E-state index < -0.39 is 0 Å². The number of carbonyl (C=O) groups is 1. The lowest BCUT2D eigenvalue weighted by Crippen LogP contribution is -2.38. The van der Waals surface area contributed by atoms with Crippen molar-refractivity contribution in [3.8, 4) is 5.75 Å². The predicted molar refractivity (Wildman–Crippen MR) is 107 cm³/mol. The zero-order valence-corrected chi connectivity index (χ0v) is 15.3. The molecule has 0 aromatic heterocycles. The Labute approximate surface area is 155 Å². The van der Waals surface area contributed by atoms with Crippen molar-refractivity contribution in [2.24, 2.45) is 5.92 Å². The summed E-state index contributed by atoms with van der Waals surface area (Å²) in [6.07, 6.45) is 3.44. The Morgan fingerprint density at radius 3 is 2.65 bits per heavy atom. The highest BCUT2D eigenvalue weighted by molar-refractivity contribution is 5.92. The Morgan fingerprint density at radius 1 is 1.23 bits per heavy atom. The molecule has 4 nitrogen and oxygen atoms in total. The van der Waals surface area contributed by atoms with E-state index in [2.05, 4.69) is 48.0 Å². The number of hydrogen-bond donors (Lipinski definition) is 1. The second kappa shape index (κ2) is 8.56. The van der Waals surface area contributed by atoms with Gasteiger partial charge in [-0.25, -0.2) is 0 Å². The molecule has 1 saturated heterocycles. The maximum Gasteiger partial charge on any atom is 0.227 e. The van der Waals surface area contributed by atoms with Crippen LogP contribution in [-0.2, 0) is 4.79 Å².